The number of ether oxygens (including phenoxy) is 1. The number of alkyl carbamates (subject to hydrolysis) is 1. The van der Waals surface area contributed by atoms with Crippen molar-refractivity contribution in [2.24, 2.45) is 0 Å². The van der Waals surface area contributed by atoms with Gasteiger partial charge in [-0.05, 0) is 41.5 Å². The highest BCUT2D eigenvalue weighted by Gasteiger charge is 2.29. The molecule has 0 saturated carbocycles. The number of halogens is 1. The number of carbonyl (C=O) groups is 2. The number of carboxylic acids is 1. The first-order valence-electron chi connectivity index (χ1n) is 10.4. The van der Waals surface area contributed by atoms with Gasteiger partial charge in [0.25, 0.3) is 0 Å². The van der Waals surface area contributed by atoms with Crippen molar-refractivity contribution < 1.29 is 36.3 Å². The van der Waals surface area contributed by atoms with Crippen LogP contribution in [0.15, 0.2) is 48.5 Å². The van der Waals surface area contributed by atoms with Crippen molar-refractivity contribution in [1.82, 2.24) is 5.32 Å². The first kappa shape index (κ1) is 24.7. The number of amides is 1. The monoisotopic (exact) mass is 446 g/mol. The molecule has 3 rings (SSSR count). The van der Waals surface area contributed by atoms with E-state index in [0.717, 1.165) is 46.1 Å². The summed E-state index contributed by atoms with van der Waals surface area (Å²) in [5, 5.41) is 12.0. The van der Waals surface area contributed by atoms with Crippen LogP contribution in [-0.2, 0) is 9.53 Å². The van der Waals surface area contributed by atoms with Gasteiger partial charge in [0.2, 0.25) is 0 Å². The molecule has 7 heteroatoms. The van der Waals surface area contributed by atoms with Gasteiger partial charge in [-0.15, -0.1) is 0 Å². The predicted molar refractivity (Wildman–Crippen MR) is 116 cm³/mol. The minimum absolute atomic E-state index is 0. The summed E-state index contributed by atoms with van der Waals surface area (Å²) >= 11 is 0. The summed E-state index contributed by atoms with van der Waals surface area (Å²) in [6.07, 6.45) is 1.34. The summed E-state index contributed by atoms with van der Waals surface area (Å²) < 4.78 is 6.30. The molecule has 0 unspecified atom stereocenters. The maximum atomic E-state index is 12.3. The Labute approximate surface area is 190 Å². The van der Waals surface area contributed by atoms with Crippen molar-refractivity contribution in [2.45, 2.75) is 31.2 Å². The third-order valence-corrected chi connectivity index (χ3v) is 5.51. The second-order valence-electron chi connectivity index (χ2n) is 8.87. The number of fused-ring (bicyclic) bond motifs is 3. The minimum Gasteiger partial charge on any atom is -1.00 e. The molecule has 2 N–H and O–H groups in total. The van der Waals surface area contributed by atoms with E-state index in [0.29, 0.717) is 6.42 Å². The third-order valence-electron chi connectivity index (χ3n) is 5.51. The lowest BCUT2D eigenvalue weighted by Crippen LogP contribution is -3.00. The Bertz CT molecular complexity index is 865. The van der Waals surface area contributed by atoms with Gasteiger partial charge in [-0.1, -0.05) is 48.5 Å². The van der Waals surface area contributed by atoms with E-state index in [1.54, 1.807) is 0 Å². The Morgan fingerprint density at radius 1 is 1.00 bits per heavy atom. The van der Waals surface area contributed by atoms with E-state index >= 15 is 0 Å². The van der Waals surface area contributed by atoms with Gasteiger partial charge in [0.05, 0.1) is 27.7 Å². The van der Waals surface area contributed by atoms with E-state index in [1.807, 2.05) is 24.3 Å². The molecule has 0 aliphatic heterocycles. The van der Waals surface area contributed by atoms with Crippen LogP contribution in [0.5, 0.6) is 0 Å². The van der Waals surface area contributed by atoms with Gasteiger partial charge in [0, 0.05) is 5.92 Å². The summed E-state index contributed by atoms with van der Waals surface area (Å²) in [7, 11) is 6.30. The van der Waals surface area contributed by atoms with Gasteiger partial charge in [-0.3, -0.25) is 0 Å². The van der Waals surface area contributed by atoms with Crippen LogP contribution in [0.3, 0.4) is 0 Å². The van der Waals surface area contributed by atoms with Gasteiger partial charge < -0.3 is 32.1 Å². The number of hydrogen-bond donors (Lipinski definition) is 2. The molecular formula is C24H31ClN2O4. The lowest BCUT2D eigenvalue weighted by Gasteiger charge is -2.24. The number of nitrogens with zero attached hydrogens (tertiary/aromatic N) is 1. The van der Waals surface area contributed by atoms with Gasteiger partial charge in [0.1, 0.15) is 12.6 Å². The first-order chi connectivity index (χ1) is 14.3. The van der Waals surface area contributed by atoms with Gasteiger partial charge in [-0.2, -0.15) is 0 Å². The van der Waals surface area contributed by atoms with Crippen LogP contribution >= 0.6 is 0 Å². The zero-order valence-corrected chi connectivity index (χ0v) is 19.1. The number of rotatable bonds is 9. The number of hydrogen-bond acceptors (Lipinski definition) is 3. The SMILES string of the molecule is C[N+](C)(C)CCCC[C@@H](NC(=O)OCC1c2ccccc2-c2ccccc21)C(=O)O.[Cl-]. The lowest BCUT2D eigenvalue weighted by molar-refractivity contribution is -0.870. The molecule has 0 aromatic heterocycles. The van der Waals surface area contributed by atoms with Crippen molar-refractivity contribution in [3.63, 3.8) is 0 Å². The summed E-state index contributed by atoms with van der Waals surface area (Å²) in [5.41, 5.74) is 4.56. The molecule has 0 saturated heterocycles. The summed E-state index contributed by atoms with van der Waals surface area (Å²) in [5.74, 6) is -1.08. The van der Waals surface area contributed by atoms with Crippen molar-refractivity contribution in [2.75, 3.05) is 34.3 Å². The average molecular weight is 447 g/mol. The smallest absolute Gasteiger partial charge is 0.407 e. The number of quaternary nitrogens is 1. The molecule has 31 heavy (non-hydrogen) atoms. The van der Waals surface area contributed by atoms with Crippen LogP contribution in [0.1, 0.15) is 36.3 Å². The van der Waals surface area contributed by atoms with Crippen LogP contribution in [-0.4, -0.2) is 62.0 Å². The minimum atomic E-state index is -1.03. The topological polar surface area (TPSA) is 75.6 Å². The molecule has 1 amide bonds. The molecule has 168 valence electrons. The van der Waals surface area contributed by atoms with Crippen molar-refractivity contribution in [1.29, 1.82) is 0 Å². The second-order valence-corrected chi connectivity index (χ2v) is 8.87. The molecule has 0 fully saturated rings. The quantitative estimate of drug-likeness (QED) is 0.442. The largest absolute Gasteiger partial charge is 1.00 e. The Hall–Kier alpha value is -2.57. The van der Waals surface area contributed by atoms with Crippen LogP contribution in [0.2, 0.25) is 0 Å². The van der Waals surface area contributed by atoms with Gasteiger partial charge in [0.15, 0.2) is 0 Å². The van der Waals surface area contributed by atoms with E-state index in [-0.39, 0.29) is 24.9 Å². The number of aliphatic carboxylic acids is 1. The Kier molecular flexibility index (Phi) is 8.48. The third kappa shape index (κ3) is 6.45. The summed E-state index contributed by atoms with van der Waals surface area (Å²) in [6, 6.07) is 15.3. The number of nitrogens with one attached hydrogen (secondary N) is 1. The Morgan fingerprint density at radius 2 is 1.55 bits per heavy atom. The molecule has 0 radical (unpaired) electrons. The predicted octanol–water partition coefficient (Wildman–Crippen LogP) is 0.859. The van der Waals surface area contributed by atoms with E-state index < -0.39 is 18.1 Å². The fourth-order valence-corrected chi connectivity index (χ4v) is 3.97. The molecule has 1 aliphatic rings. The molecule has 0 spiro atoms. The first-order valence-corrected chi connectivity index (χ1v) is 10.4. The number of unbranched alkanes of at least 4 members (excludes halogenated alkanes) is 1. The zero-order valence-electron chi connectivity index (χ0n) is 18.3. The van der Waals surface area contributed by atoms with Gasteiger partial charge in [-0.25, -0.2) is 9.59 Å². The highest BCUT2D eigenvalue weighted by molar-refractivity contribution is 5.81. The molecule has 1 aliphatic carbocycles. The summed E-state index contributed by atoms with van der Waals surface area (Å²) in [6.45, 7) is 1.13. The molecule has 1 atom stereocenters. The molecule has 2 aromatic rings. The fourth-order valence-electron chi connectivity index (χ4n) is 3.97. The van der Waals surface area contributed by atoms with E-state index in [2.05, 4.69) is 50.7 Å². The highest BCUT2D eigenvalue weighted by atomic mass is 35.5. The van der Waals surface area contributed by atoms with Crippen molar-refractivity contribution in [3.8, 4) is 11.1 Å². The highest BCUT2D eigenvalue weighted by Crippen LogP contribution is 2.44. The van der Waals surface area contributed by atoms with Crippen LogP contribution < -0.4 is 17.7 Å². The zero-order chi connectivity index (χ0) is 21.7. The van der Waals surface area contributed by atoms with Crippen molar-refractivity contribution >= 4 is 12.1 Å². The fraction of sp³-hybridized carbons (Fsp3) is 0.417. The maximum Gasteiger partial charge on any atom is 0.407 e. The normalized spacial score (nSPS) is 13.5. The van der Waals surface area contributed by atoms with E-state index in [9.17, 15) is 14.7 Å². The van der Waals surface area contributed by atoms with Crippen molar-refractivity contribution in [3.05, 3.63) is 59.7 Å². The standard InChI is InChI=1S/C24H30N2O4.ClH/c1-26(2,3)15-9-8-14-22(23(27)28)25-24(29)30-16-21-19-12-6-4-10-17(19)18-11-5-7-13-20(18)21;/h4-7,10-13,21-22H,8-9,14-16H2,1-3H3,(H-,25,27,28,29);1H/t22-;/m1./s1. The summed E-state index contributed by atoms with van der Waals surface area (Å²) in [4.78, 5) is 23.9. The maximum absolute atomic E-state index is 12.3. The number of carboxylic acid groups (broad SMARTS) is 1. The van der Waals surface area contributed by atoms with Crippen LogP contribution in [0.4, 0.5) is 4.79 Å². The van der Waals surface area contributed by atoms with Gasteiger partial charge >= 0.3 is 12.1 Å². The molecule has 0 heterocycles. The van der Waals surface area contributed by atoms with E-state index in [4.69, 9.17) is 4.74 Å². The molecular weight excluding hydrogens is 416 g/mol. The molecule has 0 bridgehead atoms. The van der Waals surface area contributed by atoms with Crippen LogP contribution in [0, 0.1) is 0 Å². The number of benzene rings is 2. The second kappa shape index (κ2) is 10.6. The average Bonchev–Trinajstić information content (AvgIpc) is 3.01. The van der Waals surface area contributed by atoms with Crippen LogP contribution in [0.25, 0.3) is 11.1 Å². The van der Waals surface area contributed by atoms with E-state index in [1.165, 1.54) is 0 Å². The molecule has 2 aromatic carbocycles. The Morgan fingerprint density at radius 3 is 2.06 bits per heavy atom. The molecule has 6 nitrogen and oxygen atoms in total. The Balaban J connectivity index is 0.00000341. The number of carbonyl (C=O) groups excluding carboxylic acids is 1. The lowest BCUT2D eigenvalue weighted by atomic mass is 9.98.